The fraction of sp³-hybridized carbons (Fsp3) is 1.00. The Morgan fingerprint density at radius 1 is 1.05 bits per heavy atom. The zero-order chi connectivity index (χ0) is 13.7. The van der Waals surface area contributed by atoms with Crippen LogP contribution in [0, 0.1) is 11.8 Å². The molecular formula is C14H29ClN2O2S. The summed E-state index contributed by atoms with van der Waals surface area (Å²) in [6, 6.07) is -0.0494. The highest BCUT2D eigenvalue weighted by atomic mass is 35.5. The number of halogens is 1. The van der Waals surface area contributed by atoms with Crippen LogP contribution in [0.25, 0.3) is 0 Å². The van der Waals surface area contributed by atoms with Crippen molar-refractivity contribution < 1.29 is 8.42 Å². The molecule has 0 bridgehead atoms. The van der Waals surface area contributed by atoms with Crippen LogP contribution in [-0.2, 0) is 10.0 Å². The van der Waals surface area contributed by atoms with Crippen LogP contribution >= 0.6 is 12.4 Å². The standard InChI is InChI=1S/C14H28N2O2S.ClH/c15-11-14(13-7-2-1-3-8-13)16-19(17,18)10-9-12-5-4-6-12;/h12-14,16H,1-11,15H2;1H. The van der Waals surface area contributed by atoms with Gasteiger partial charge in [-0.2, -0.15) is 0 Å². The Hall–Kier alpha value is 0.160. The molecule has 1 unspecified atom stereocenters. The fourth-order valence-electron chi connectivity index (χ4n) is 3.27. The smallest absolute Gasteiger partial charge is 0.211 e. The van der Waals surface area contributed by atoms with Crippen LogP contribution in [0.3, 0.4) is 0 Å². The number of hydrogen-bond donors (Lipinski definition) is 2. The van der Waals surface area contributed by atoms with Gasteiger partial charge in [0, 0.05) is 12.6 Å². The van der Waals surface area contributed by atoms with E-state index in [9.17, 15) is 8.42 Å². The molecule has 0 aromatic rings. The van der Waals surface area contributed by atoms with Crippen LogP contribution in [-0.4, -0.2) is 26.8 Å². The van der Waals surface area contributed by atoms with E-state index >= 15 is 0 Å². The normalized spacial score (nSPS) is 22.9. The molecule has 0 aromatic carbocycles. The van der Waals surface area contributed by atoms with Crippen molar-refractivity contribution in [1.82, 2.24) is 4.72 Å². The highest BCUT2D eigenvalue weighted by molar-refractivity contribution is 7.89. The van der Waals surface area contributed by atoms with Crippen LogP contribution < -0.4 is 10.5 Å². The minimum atomic E-state index is -3.14. The van der Waals surface area contributed by atoms with Crippen LogP contribution in [0.5, 0.6) is 0 Å². The number of nitrogens with one attached hydrogen (secondary N) is 1. The van der Waals surface area contributed by atoms with E-state index in [-0.39, 0.29) is 24.2 Å². The maximum atomic E-state index is 12.1. The van der Waals surface area contributed by atoms with E-state index in [1.54, 1.807) is 0 Å². The zero-order valence-corrected chi connectivity index (χ0v) is 13.9. The third-order valence-electron chi connectivity index (χ3n) is 4.82. The van der Waals surface area contributed by atoms with Crippen molar-refractivity contribution in [3.05, 3.63) is 0 Å². The minimum Gasteiger partial charge on any atom is -0.329 e. The summed E-state index contributed by atoms with van der Waals surface area (Å²) in [7, 11) is -3.14. The molecule has 0 spiro atoms. The van der Waals surface area contributed by atoms with Gasteiger partial charge in [-0.3, -0.25) is 0 Å². The van der Waals surface area contributed by atoms with Gasteiger partial charge in [0.25, 0.3) is 0 Å². The summed E-state index contributed by atoms with van der Waals surface area (Å²) in [6.07, 6.45) is 10.4. The van der Waals surface area contributed by atoms with Gasteiger partial charge in [0.05, 0.1) is 5.75 Å². The summed E-state index contributed by atoms with van der Waals surface area (Å²) in [6.45, 7) is 0.424. The molecule has 0 heterocycles. The van der Waals surface area contributed by atoms with Crippen molar-refractivity contribution in [2.75, 3.05) is 12.3 Å². The first kappa shape index (κ1) is 18.2. The number of rotatable bonds is 7. The van der Waals surface area contributed by atoms with Crippen LogP contribution in [0.2, 0.25) is 0 Å². The topological polar surface area (TPSA) is 72.2 Å². The first-order valence-corrected chi connectivity index (χ1v) is 9.46. The fourth-order valence-corrected chi connectivity index (χ4v) is 4.78. The van der Waals surface area contributed by atoms with Crippen molar-refractivity contribution in [1.29, 1.82) is 0 Å². The summed E-state index contributed by atoms with van der Waals surface area (Å²) in [4.78, 5) is 0. The van der Waals surface area contributed by atoms with E-state index in [0.717, 1.165) is 19.3 Å². The molecule has 0 radical (unpaired) electrons. The van der Waals surface area contributed by atoms with Crippen molar-refractivity contribution in [3.8, 4) is 0 Å². The lowest BCUT2D eigenvalue weighted by Gasteiger charge is -2.30. The number of sulfonamides is 1. The second-order valence-corrected chi connectivity index (χ2v) is 8.14. The van der Waals surface area contributed by atoms with E-state index in [4.69, 9.17) is 5.73 Å². The molecule has 120 valence electrons. The molecule has 1 atom stereocenters. The van der Waals surface area contributed by atoms with Gasteiger partial charge in [0.15, 0.2) is 0 Å². The van der Waals surface area contributed by atoms with Crippen LogP contribution in [0.4, 0.5) is 0 Å². The maximum Gasteiger partial charge on any atom is 0.211 e. The number of nitrogens with two attached hydrogens (primary N) is 1. The van der Waals surface area contributed by atoms with E-state index in [1.807, 2.05) is 0 Å². The molecule has 0 amide bonds. The monoisotopic (exact) mass is 324 g/mol. The van der Waals surface area contributed by atoms with Gasteiger partial charge in [-0.25, -0.2) is 13.1 Å². The molecule has 2 saturated carbocycles. The predicted molar refractivity (Wildman–Crippen MR) is 85.5 cm³/mol. The Morgan fingerprint density at radius 3 is 2.20 bits per heavy atom. The predicted octanol–water partition coefficient (Wildman–Crippen LogP) is 2.43. The Kier molecular flexibility index (Phi) is 7.80. The lowest BCUT2D eigenvalue weighted by Crippen LogP contribution is -2.46. The summed E-state index contributed by atoms with van der Waals surface area (Å²) in [5.41, 5.74) is 5.78. The van der Waals surface area contributed by atoms with Gasteiger partial charge < -0.3 is 5.73 Å². The molecule has 6 heteroatoms. The van der Waals surface area contributed by atoms with Crippen molar-refractivity contribution in [3.63, 3.8) is 0 Å². The largest absolute Gasteiger partial charge is 0.329 e. The van der Waals surface area contributed by atoms with Gasteiger partial charge in [0.2, 0.25) is 10.0 Å². The second kappa shape index (κ2) is 8.57. The third kappa shape index (κ3) is 5.51. The molecule has 20 heavy (non-hydrogen) atoms. The molecular weight excluding hydrogens is 296 g/mol. The summed E-state index contributed by atoms with van der Waals surface area (Å²) >= 11 is 0. The summed E-state index contributed by atoms with van der Waals surface area (Å²) in [5, 5.41) is 0. The first-order chi connectivity index (χ1) is 9.11. The lowest BCUT2D eigenvalue weighted by molar-refractivity contribution is 0.291. The number of hydrogen-bond acceptors (Lipinski definition) is 3. The third-order valence-corrected chi connectivity index (χ3v) is 6.26. The molecule has 4 nitrogen and oxygen atoms in total. The first-order valence-electron chi connectivity index (χ1n) is 7.81. The Balaban J connectivity index is 0.00000200. The molecule has 3 N–H and O–H groups in total. The van der Waals surface area contributed by atoms with Gasteiger partial charge in [0.1, 0.15) is 0 Å². The second-order valence-electron chi connectivity index (χ2n) is 6.26. The van der Waals surface area contributed by atoms with Gasteiger partial charge >= 0.3 is 0 Å². The maximum absolute atomic E-state index is 12.1. The lowest BCUT2D eigenvalue weighted by atomic mass is 9.84. The Morgan fingerprint density at radius 2 is 1.70 bits per heavy atom. The molecule has 0 aromatic heterocycles. The molecule has 2 aliphatic rings. The SMILES string of the molecule is Cl.NCC(NS(=O)(=O)CCC1CCC1)C1CCCCC1. The zero-order valence-electron chi connectivity index (χ0n) is 12.2. The van der Waals surface area contributed by atoms with E-state index in [2.05, 4.69) is 4.72 Å². The quantitative estimate of drug-likeness (QED) is 0.755. The molecule has 2 fully saturated rings. The summed E-state index contributed by atoms with van der Waals surface area (Å²) < 4.78 is 27.1. The molecule has 2 aliphatic carbocycles. The van der Waals surface area contributed by atoms with Gasteiger partial charge in [-0.1, -0.05) is 38.5 Å². The summed E-state index contributed by atoms with van der Waals surface area (Å²) in [5.74, 6) is 1.36. The average molecular weight is 325 g/mol. The molecule has 2 rings (SSSR count). The molecule has 0 saturated heterocycles. The van der Waals surface area contributed by atoms with Crippen molar-refractivity contribution in [2.45, 2.75) is 63.8 Å². The Bertz CT molecular complexity index is 365. The Labute approximate surface area is 129 Å². The highest BCUT2D eigenvalue weighted by Crippen LogP contribution is 2.30. The average Bonchev–Trinajstić information content (AvgIpc) is 2.35. The van der Waals surface area contributed by atoms with Crippen LogP contribution in [0.15, 0.2) is 0 Å². The van der Waals surface area contributed by atoms with Crippen molar-refractivity contribution >= 4 is 22.4 Å². The highest BCUT2D eigenvalue weighted by Gasteiger charge is 2.27. The van der Waals surface area contributed by atoms with Crippen LogP contribution in [0.1, 0.15) is 57.8 Å². The van der Waals surface area contributed by atoms with E-state index in [0.29, 0.717) is 18.4 Å². The van der Waals surface area contributed by atoms with E-state index < -0.39 is 10.0 Å². The van der Waals surface area contributed by atoms with E-state index in [1.165, 1.54) is 38.5 Å². The minimum absolute atomic E-state index is 0. The molecule has 0 aliphatic heterocycles. The van der Waals surface area contributed by atoms with Gasteiger partial charge in [-0.05, 0) is 31.1 Å². The van der Waals surface area contributed by atoms with Crippen molar-refractivity contribution in [2.24, 2.45) is 17.6 Å². The van der Waals surface area contributed by atoms with Gasteiger partial charge in [-0.15, -0.1) is 12.4 Å².